The summed E-state index contributed by atoms with van der Waals surface area (Å²) < 4.78 is 1.20. The fourth-order valence-corrected chi connectivity index (χ4v) is 2.04. The molecule has 0 radical (unpaired) electrons. The Hall–Kier alpha value is -3.09. The van der Waals surface area contributed by atoms with Crippen LogP contribution in [0, 0.1) is 0 Å². The SMILES string of the molecule is O=C(CCn1nnc2ccccc2c1=O)Nc1ccncc1. The molecular weight excluding hydrogens is 282 g/mol. The van der Waals surface area contributed by atoms with Gasteiger partial charge in [0.1, 0.15) is 5.52 Å². The predicted octanol–water partition coefficient (Wildman–Crippen LogP) is 1.22. The number of pyridine rings is 1. The molecule has 0 aliphatic heterocycles. The van der Waals surface area contributed by atoms with E-state index in [1.54, 1.807) is 48.8 Å². The first-order valence-corrected chi connectivity index (χ1v) is 6.76. The largest absolute Gasteiger partial charge is 0.326 e. The number of aryl methyl sites for hydroxylation is 1. The number of amides is 1. The van der Waals surface area contributed by atoms with Gasteiger partial charge < -0.3 is 5.32 Å². The van der Waals surface area contributed by atoms with E-state index in [1.807, 2.05) is 0 Å². The van der Waals surface area contributed by atoms with Gasteiger partial charge in [-0.25, -0.2) is 4.68 Å². The van der Waals surface area contributed by atoms with Crippen molar-refractivity contribution in [3.63, 3.8) is 0 Å². The van der Waals surface area contributed by atoms with Crippen molar-refractivity contribution >= 4 is 22.5 Å². The fourth-order valence-electron chi connectivity index (χ4n) is 2.04. The van der Waals surface area contributed by atoms with Crippen LogP contribution in [0.1, 0.15) is 6.42 Å². The van der Waals surface area contributed by atoms with Crippen LogP contribution in [0.4, 0.5) is 5.69 Å². The lowest BCUT2D eigenvalue weighted by molar-refractivity contribution is -0.116. The number of nitrogens with zero attached hydrogens (tertiary/aromatic N) is 4. The monoisotopic (exact) mass is 295 g/mol. The average molecular weight is 295 g/mol. The van der Waals surface area contributed by atoms with Crippen molar-refractivity contribution in [1.82, 2.24) is 20.0 Å². The highest BCUT2D eigenvalue weighted by molar-refractivity contribution is 5.90. The quantitative estimate of drug-likeness (QED) is 0.781. The zero-order valence-corrected chi connectivity index (χ0v) is 11.6. The highest BCUT2D eigenvalue weighted by Crippen LogP contribution is 2.05. The highest BCUT2D eigenvalue weighted by Gasteiger charge is 2.07. The van der Waals surface area contributed by atoms with Crippen molar-refractivity contribution in [3.05, 3.63) is 59.1 Å². The smallest absolute Gasteiger partial charge is 0.277 e. The van der Waals surface area contributed by atoms with E-state index in [1.165, 1.54) is 4.68 Å². The Labute approximate surface area is 125 Å². The van der Waals surface area contributed by atoms with Gasteiger partial charge in [0, 0.05) is 24.5 Å². The minimum Gasteiger partial charge on any atom is -0.326 e. The van der Waals surface area contributed by atoms with Gasteiger partial charge in [-0.2, -0.15) is 0 Å². The molecule has 7 heteroatoms. The summed E-state index contributed by atoms with van der Waals surface area (Å²) in [7, 11) is 0. The van der Waals surface area contributed by atoms with Crippen LogP contribution in [-0.2, 0) is 11.3 Å². The molecule has 7 nitrogen and oxygen atoms in total. The van der Waals surface area contributed by atoms with Gasteiger partial charge in [-0.3, -0.25) is 14.6 Å². The first-order chi connectivity index (χ1) is 10.7. The lowest BCUT2D eigenvalue weighted by Gasteiger charge is -2.06. The van der Waals surface area contributed by atoms with Crippen LogP contribution < -0.4 is 10.9 Å². The third-order valence-electron chi connectivity index (χ3n) is 3.14. The van der Waals surface area contributed by atoms with Crippen molar-refractivity contribution in [3.8, 4) is 0 Å². The normalized spacial score (nSPS) is 10.5. The first kappa shape index (κ1) is 13.9. The molecule has 0 bridgehead atoms. The van der Waals surface area contributed by atoms with Crippen LogP contribution in [0.3, 0.4) is 0 Å². The molecule has 0 atom stereocenters. The third-order valence-corrected chi connectivity index (χ3v) is 3.14. The summed E-state index contributed by atoms with van der Waals surface area (Å²) in [6.45, 7) is 0.174. The maximum atomic E-state index is 12.2. The van der Waals surface area contributed by atoms with Gasteiger partial charge in [0.05, 0.1) is 11.9 Å². The second-order valence-electron chi connectivity index (χ2n) is 4.67. The number of benzene rings is 1. The standard InChI is InChI=1S/C15H13N5O2/c21-14(17-11-5-8-16-9-6-11)7-10-20-15(22)12-3-1-2-4-13(12)18-19-20/h1-6,8-9H,7,10H2,(H,16,17,21). The first-order valence-electron chi connectivity index (χ1n) is 6.76. The number of anilines is 1. The van der Waals surface area contributed by atoms with E-state index in [4.69, 9.17) is 0 Å². The number of aromatic nitrogens is 4. The molecule has 110 valence electrons. The maximum absolute atomic E-state index is 12.2. The summed E-state index contributed by atoms with van der Waals surface area (Å²) in [5.74, 6) is -0.201. The second kappa shape index (κ2) is 6.13. The topological polar surface area (TPSA) is 89.8 Å². The van der Waals surface area contributed by atoms with Crippen LogP contribution in [0.15, 0.2) is 53.6 Å². The van der Waals surface area contributed by atoms with Gasteiger partial charge in [-0.05, 0) is 24.3 Å². The van der Waals surface area contributed by atoms with Crippen LogP contribution in [0.5, 0.6) is 0 Å². The zero-order valence-electron chi connectivity index (χ0n) is 11.6. The third kappa shape index (κ3) is 2.98. The Kier molecular flexibility index (Phi) is 3.86. The molecular formula is C15H13N5O2. The van der Waals surface area contributed by atoms with Gasteiger partial charge in [0.2, 0.25) is 5.91 Å². The summed E-state index contributed by atoms with van der Waals surface area (Å²) in [5, 5.41) is 11.0. The lowest BCUT2D eigenvalue weighted by atomic mass is 10.2. The van der Waals surface area contributed by atoms with Crippen molar-refractivity contribution in [2.24, 2.45) is 0 Å². The number of rotatable bonds is 4. The molecule has 0 aliphatic carbocycles. The van der Waals surface area contributed by atoms with Crippen LogP contribution in [0.25, 0.3) is 10.9 Å². The molecule has 2 heterocycles. The molecule has 0 spiro atoms. The van der Waals surface area contributed by atoms with E-state index in [-0.39, 0.29) is 24.4 Å². The van der Waals surface area contributed by atoms with Gasteiger partial charge in [0.25, 0.3) is 5.56 Å². The summed E-state index contributed by atoms with van der Waals surface area (Å²) >= 11 is 0. The number of carbonyl (C=O) groups excluding carboxylic acids is 1. The number of hydrogen-bond donors (Lipinski definition) is 1. The minimum absolute atomic E-state index is 0.134. The summed E-state index contributed by atoms with van der Waals surface area (Å²) in [6.07, 6.45) is 3.32. The molecule has 2 aromatic heterocycles. The van der Waals surface area contributed by atoms with Crippen LogP contribution in [-0.4, -0.2) is 25.9 Å². The average Bonchev–Trinajstić information content (AvgIpc) is 2.55. The number of fused-ring (bicyclic) bond motifs is 1. The van der Waals surface area contributed by atoms with E-state index in [2.05, 4.69) is 20.6 Å². The second-order valence-corrected chi connectivity index (χ2v) is 4.67. The molecule has 22 heavy (non-hydrogen) atoms. The molecule has 0 unspecified atom stereocenters. The van der Waals surface area contributed by atoms with Gasteiger partial charge in [-0.1, -0.05) is 17.3 Å². The highest BCUT2D eigenvalue weighted by atomic mass is 16.2. The molecule has 1 amide bonds. The molecule has 3 rings (SSSR count). The lowest BCUT2D eigenvalue weighted by Crippen LogP contribution is -2.26. The van der Waals surface area contributed by atoms with Crippen LogP contribution in [0.2, 0.25) is 0 Å². The zero-order chi connectivity index (χ0) is 15.4. The van der Waals surface area contributed by atoms with Gasteiger partial charge in [-0.15, -0.1) is 5.10 Å². The Bertz CT molecular complexity index is 860. The molecule has 1 aromatic carbocycles. The maximum Gasteiger partial charge on any atom is 0.277 e. The molecule has 3 aromatic rings. The van der Waals surface area contributed by atoms with Crippen LogP contribution >= 0.6 is 0 Å². The van der Waals surface area contributed by atoms with Gasteiger partial charge in [0.15, 0.2) is 0 Å². The summed E-state index contributed by atoms with van der Waals surface area (Å²) in [4.78, 5) is 28.0. The Morgan fingerprint density at radius 2 is 1.91 bits per heavy atom. The number of nitrogens with one attached hydrogen (secondary N) is 1. The van der Waals surface area contributed by atoms with Crippen molar-refractivity contribution in [1.29, 1.82) is 0 Å². The number of hydrogen-bond acceptors (Lipinski definition) is 5. The molecule has 0 saturated heterocycles. The molecule has 1 N–H and O–H groups in total. The number of carbonyl (C=O) groups is 1. The van der Waals surface area contributed by atoms with E-state index in [0.717, 1.165) is 0 Å². The van der Waals surface area contributed by atoms with E-state index < -0.39 is 0 Å². The van der Waals surface area contributed by atoms with E-state index in [0.29, 0.717) is 16.6 Å². The van der Waals surface area contributed by atoms with E-state index >= 15 is 0 Å². The summed E-state index contributed by atoms with van der Waals surface area (Å²) in [6, 6.07) is 10.4. The molecule has 0 fully saturated rings. The Balaban J connectivity index is 1.70. The minimum atomic E-state index is -0.248. The molecule has 0 saturated carbocycles. The van der Waals surface area contributed by atoms with Crippen molar-refractivity contribution in [2.45, 2.75) is 13.0 Å². The summed E-state index contributed by atoms with van der Waals surface area (Å²) in [5.41, 5.74) is 0.962. The Morgan fingerprint density at radius 1 is 1.14 bits per heavy atom. The fraction of sp³-hybridized carbons (Fsp3) is 0.133. The Morgan fingerprint density at radius 3 is 2.73 bits per heavy atom. The molecule has 0 aliphatic rings. The van der Waals surface area contributed by atoms with Crippen molar-refractivity contribution < 1.29 is 4.79 Å². The van der Waals surface area contributed by atoms with E-state index in [9.17, 15) is 9.59 Å². The predicted molar refractivity (Wildman–Crippen MR) is 81.3 cm³/mol. The van der Waals surface area contributed by atoms with Crippen molar-refractivity contribution in [2.75, 3.05) is 5.32 Å². The van der Waals surface area contributed by atoms with Gasteiger partial charge >= 0.3 is 0 Å².